The average molecular weight is 240 g/mol. The van der Waals surface area contributed by atoms with Crippen molar-refractivity contribution in [2.75, 3.05) is 0 Å². The fraction of sp³-hybridized carbons (Fsp3) is 0.100. The van der Waals surface area contributed by atoms with E-state index in [1.165, 1.54) is 12.1 Å². The van der Waals surface area contributed by atoms with Crippen LogP contribution in [0.25, 0.3) is 10.9 Å². The Morgan fingerprint density at radius 1 is 1.38 bits per heavy atom. The molecule has 2 rings (SSSR count). The van der Waals surface area contributed by atoms with Crippen LogP contribution < -0.4 is 11.4 Å². The van der Waals surface area contributed by atoms with Crippen LogP contribution in [0.3, 0.4) is 0 Å². The largest absolute Gasteiger partial charge is 0.419 e. The van der Waals surface area contributed by atoms with Crippen molar-refractivity contribution in [1.29, 1.82) is 0 Å². The maximum Gasteiger partial charge on any atom is 0.419 e. The number of aromatic nitrogens is 1. The lowest BCUT2D eigenvalue weighted by Crippen LogP contribution is -2.14. The van der Waals surface area contributed by atoms with Crippen molar-refractivity contribution < 1.29 is 9.21 Å². The highest BCUT2D eigenvalue weighted by Gasteiger charge is 2.05. The van der Waals surface area contributed by atoms with E-state index in [1.807, 2.05) is 0 Å². The first-order valence-electron chi connectivity index (χ1n) is 4.40. The fourth-order valence-electron chi connectivity index (χ4n) is 1.41. The average Bonchev–Trinajstić information content (AvgIpc) is 2.18. The molecule has 0 aliphatic carbocycles. The first-order chi connectivity index (χ1) is 7.56. The van der Waals surface area contributed by atoms with Gasteiger partial charge in [0.15, 0.2) is 0 Å². The van der Waals surface area contributed by atoms with Crippen LogP contribution >= 0.6 is 11.6 Å². The van der Waals surface area contributed by atoms with E-state index in [1.54, 1.807) is 6.07 Å². The minimum absolute atomic E-state index is 0.0239. The third kappa shape index (κ3) is 2.04. The van der Waals surface area contributed by atoms with Crippen molar-refractivity contribution in [3.05, 3.63) is 44.7 Å². The van der Waals surface area contributed by atoms with Gasteiger partial charge in [0, 0.05) is 6.42 Å². The van der Waals surface area contributed by atoms with Crippen LogP contribution in [0.2, 0.25) is 0 Å². The molecule has 1 heterocycles. The standard InChI is InChI=1S/C10H6ClNO4/c11-8(13)4-5-1-2-7-6(3-5)9(14)16-10(15)12-7/h1-3H,4H2,(H,12,15). The summed E-state index contributed by atoms with van der Waals surface area (Å²) in [6.45, 7) is 0. The van der Waals surface area contributed by atoms with E-state index in [9.17, 15) is 14.4 Å². The summed E-state index contributed by atoms with van der Waals surface area (Å²) < 4.78 is 4.37. The first kappa shape index (κ1) is 10.6. The molecule has 1 N–H and O–H groups in total. The van der Waals surface area contributed by atoms with Gasteiger partial charge in [0.2, 0.25) is 5.24 Å². The molecule has 0 saturated heterocycles. The molecule has 0 fully saturated rings. The van der Waals surface area contributed by atoms with Gasteiger partial charge in [0.1, 0.15) is 0 Å². The molecule has 5 nitrogen and oxygen atoms in total. The monoisotopic (exact) mass is 239 g/mol. The van der Waals surface area contributed by atoms with Gasteiger partial charge in [-0.05, 0) is 29.3 Å². The molecule has 82 valence electrons. The van der Waals surface area contributed by atoms with Crippen molar-refractivity contribution in [2.24, 2.45) is 0 Å². The molecule has 0 radical (unpaired) electrons. The summed E-state index contributed by atoms with van der Waals surface area (Å²) in [5.41, 5.74) is 0.224. The van der Waals surface area contributed by atoms with Gasteiger partial charge >= 0.3 is 11.4 Å². The molecule has 16 heavy (non-hydrogen) atoms. The zero-order chi connectivity index (χ0) is 11.7. The number of nitrogens with one attached hydrogen (secondary N) is 1. The van der Waals surface area contributed by atoms with Gasteiger partial charge in [0.05, 0.1) is 10.9 Å². The van der Waals surface area contributed by atoms with E-state index in [4.69, 9.17) is 11.6 Å². The lowest BCUT2D eigenvalue weighted by Gasteiger charge is -1.99. The lowest BCUT2D eigenvalue weighted by atomic mass is 10.1. The van der Waals surface area contributed by atoms with Gasteiger partial charge in [-0.15, -0.1) is 0 Å². The number of benzene rings is 1. The van der Waals surface area contributed by atoms with E-state index in [0.717, 1.165) is 0 Å². The van der Waals surface area contributed by atoms with Gasteiger partial charge in [-0.3, -0.25) is 9.78 Å². The number of carbonyl (C=O) groups is 1. The third-order valence-corrected chi connectivity index (χ3v) is 2.20. The first-order valence-corrected chi connectivity index (χ1v) is 4.78. The molecular weight excluding hydrogens is 234 g/mol. The van der Waals surface area contributed by atoms with Crippen LogP contribution in [0.15, 0.2) is 32.2 Å². The zero-order valence-corrected chi connectivity index (χ0v) is 8.71. The lowest BCUT2D eigenvalue weighted by molar-refractivity contribution is -0.111. The summed E-state index contributed by atoms with van der Waals surface area (Å²) in [5.74, 6) is -0.807. The molecule has 0 saturated carbocycles. The SMILES string of the molecule is O=C(Cl)Cc1ccc2[nH]c(=O)oc(=O)c2c1. The molecule has 2 aromatic rings. The summed E-state index contributed by atoms with van der Waals surface area (Å²) in [6, 6.07) is 4.61. The quantitative estimate of drug-likeness (QED) is 0.786. The van der Waals surface area contributed by atoms with E-state index in [-0.39, 0.29) is 11.8 Å². The smallest absolute Gasteiger partial charge is 0.372 e. The zero-order valence-electron chi connectivity index (χ0n) is 7.95. The molecule has 0 spiro atoms. The van der Waals surface area contributed by atoms with Crippen molar-refractivity contribution in [3.8, 4) is 0 Å². The predicted octanol–water partition coefficient (Wildman–Crippen LogP) is 0.789. The molecule has 1 aromatic carbocycles. The van der Waals surface area contributed by atoms with Crippen molar-refractivity contribution >= 4 is 27.7 Å². The van der Waals surface area contributed by atoms with E-state index in [2.05, 4.69) is 9.40 Å². The Labute approximate surface area is 93.7 Å². The van der Waals surface area contributed by atoms with Crippen molar-refractivity contribution in [2.45, 2.75) is 6.42 Å². The predicted molar refractivity (Wildman–Crippen MR) is 57.7 cm³/mol. The van der Waals surface area contributed by atoms with Gasteiger partial charge in [-0.25, -0.2) is 9.59 Å². The van der Waals surface area contributed by atoms with Crippen LogP contribution in [0, 0.1) is 0 Å². The second kappa shape index (κ2) is 3.94. The van der Waals surface area contributed by atoms with Crippen LogP contribution in [0.5, 0.6) is 0 Å². The Morgan fingerprint density at radius 2 is 2.12 bits per heavy atom. The summed E-state index contributed by atoms with van der Waals surface area (Å²) >= 11 is 5.23. The normalized spacial score (nSPS) is 10.6. The maximum atomic E-state index is 11.3. The number of hydrogen-bond acceptors (Lipinski definition) is 4. The Kier molecular flexibility index (Phi) is 2.62. The summed E-state index contributed by atoms with van der Waals surface area (Å²) in [4.78, 5) is 35.3. The third-order valence-electron chi connectivity index (χ3n) is 2.07. The molecule has 6 heteroatoms. The molecular formula is C10H6ClNO4. The van der Waals surface area contributed by atoms with Crippen molar-refractivity contribution in [3.63, 3.8) is 0 Å². The second-order valence-corrected chi connectivity index (χ2v) is 3.64. The Bertz CT molecular complexity index is 670. The fourth-order valence-corrected chi connectivity index (χ4v) is 1.57. The number of rotatable bonds is 2. The number of hydrogen-bond donors (Lipinski definition) is 1. The van der Waals surface area contributed by atoms with E-state index in [0.29, 0.717) is 11.1 Å². The second-order valence-electron chi connectivity index (χ2n) is 3.21. The molecule has 0 unspecified atom stereocenters. The van der Waals surface area contributed by atoms with Crippen LogP contribution in [0.4, 0.5) is 0 Å². The minimum atomic E-state index is -0.807. The van der Waals surface area contributed by atoms with Crippen LogP contribution in [0.1, 0.15) is 5.56 Å². The van der Waals surface area contributed by atoms with Gasteiger partial charge in [0.25, 0.3) is 0 Å². The Morgan fingerprint density at radius 3 is 2.81 bits per heavy atom. The van der Waals surface area contributed by atoms with E-state index >= 15 is 0 Å². The molecule has 1 aromatic heterocycles. The highest BCUT2D eigenvalue weighted by molar-refractivity contribution is 6.63. The molecule has 0 aliphatic heterocycles. The number of carbonyl (C=O) groups excluding carboxylic acids is 1. The number of aromatic amines is 1. The summed E-state index contributed by atoms with van der Waals surface area (Å²) in [7, 11) is 0. The maximum absolute atomic E-state index is 11.3. The Balaban J connectivity index is 2.66. The van der Waals surface area contributed by atoms with Crippen molar-refractivity contribution in [1.82, 2.24) is 4.98 Å². The molecule has 0 aliphatic rings. The topological polar surface area (TPSA) is 80.1 Å². The highest BCUT2D eigenvalue weighted by atomic mass is 35.5. The molecule has 0 amide bonds. The van der Waals surface area contributed by atoms with Crippen LogP contribution in [-0.2, 0) is 11.2 Å². The van der Waals surface area contributed by atoms with Gasteiger partial charge < -0.3 is 4.42 Å². The molecule has 0 atom stereocenters. The van der Waals surface area contributed by atoms with Gasteiger partial charge in [-0.2, -0.15) is 0 Å². The summed E-state index contributed by atoms with van der Waals surface area (Å²) in [5, 5.41) is -0.303. The van der Waals surface area contributed by atoms with Gasteiger partial charge in [-0.1, -0.05) is 6.07 Å². The minimum Gasteiger partial charge on any atom is -0.372 e. The summed E-state index contributed by atoms with van der Waals surface area (Å²) in [6.07, 6.45) is 0.0239. The number of H-pyrrole nitrogens is 1. The molecule has 0 bridgehead atoms. The number of fused-ring (bicyclic) bond motifs is 1. The Hall–Kier alpha value is -1.88. The highest BCUT2D eigenvalue weighted by Crippen LogP contribution is 2.10. The number of halogens is 1. The van der Waals surface area contributed by atoms with E-state index < -0.39 is 16.6 Å². The van der Waals surface area contributed by atoms with Crippen LogP contribution in [-0.4, -0.2) is 10.2 Å².